The van der Waals surface area contributed by atoms with E-state index in [1.54, 1.807) is 31.5 Å². The van der Waals surface area contributed by atoms with E-state index < -0.39 is 5.91 Å². The molecule has 2 aromatic rings. The van der Waals surface area contributed by atoms with Crippen LogP contribution in [0.5, 0.6) is 5.88 Å². The Morgan fingerprint density at radius 1 is 1.37 bits per heavy atom. The number of hydrogen-bond donors (Lipinski definition) is 2. The number of carbonyl (C=O) groups is 1. The number of rotatable bonds is 5. The summed E-state index contributed by atoms with van der Waals surface area (Å²) < 4.78 is 4.98. The van der Waals surface area contributed by atoms with Gasteiger partial charge >= 0.3 is 0 Å². The Balaban J connectivity index is 2.01. The standard InChI is InChI=1S/C14H15N3O2/c1-19-13-6-5-12(9-17-13)16-8-10-3-2-4-11(7-10)14(15)18/h2-7,9,16H,8H2,1H3,(H2,15,18). The largest absolute Gasteiger partial charge is 0.481 e. The van der Waals surface area contributed by atoms with Crippen molar-refractivity contribution in [3.05, 3.63) is 53.7 Å². The van der Waals surface area contributed by atoms with E-state index in [4.69, 9.17) is 10.5 Å². The molecule has 0 aliphatic heterocycles. The molecule has 0 fully saturated rings. The van der Waals surface area contributed by atoms with Crippen LogP contribution in [0.4, 0.5) is 5.69 Å². The van der Waals surface area contributed by atoms with E-state index in [2.05, 4.69) is 10.3 Å². The predicted molar refractivity (Wildman–Crippen MR) is 73.1 cm³/mol. The van der Waals surface area contributed by atoms with Crippen LogP contribution in [0.1, 0.15) is 15.9 Å². The zero-order valence-electron chi connectivity index (χ0n) is 10.6. The number of nitrogens with two attached hydrogens (primary N) is 1. The van der Waals surface area contributed by atoms with E-state index in [0.29, 0.717) is 18.0 Å². The van der Waals surface area contributed by atoms with Gasteiger partial charge < -0.3 is 15.8 Å². The summed E-state index contributed by atoms with van der Waals surface area (Å²) in [5, 5.41) is 3.21. The molecule has 98 valence electrons. The molecule has 5 heteroatoms. The molecule has 0 aliphatic carbocycles. The molecule has 0 saturated heterocycles. The highest BCUT2D eigenvalue weighted by molar-refractivity contribution is 5.92. The van der Waals surface area contributed by atoms with Crippen molar-refractivity contribution in [3.63, 3.8) is 0 Å². The van der Waals surface area contributed by atoms with Gasteiger partial charge in [0.25, 0.3) is 0 Å². The number of hydrogen-bond acceptors (Lipinski definition) is 4. The van der Waals surface area contributed by atoms with Gasteiger partial charge in [0.15, 0.2) is 0 Å². The number of aromatic nitrogens is 1. The summed E-state index contributed by atoms with van der Waals surface area (Å²) in [6.07, 6.45) is 1.69. The molecule has 0 saturated carbocycles. The fourth-order valence-corrected chi connectivity index (χ4v) is 1.64. The first-order chi connectivity index (χ1) is 9.19. The van der Waals surface area contributed by atoms with Crippen LogP contribution in [-0.4, -0.2) is 18.0 Å². The Morgan fingerprint density at radius 2 is 2.21 bits per heavy atom. The van der Waals surface area contributed by atoms with Gasteiger partial charge in [-0.2, -0.15) is 0 Å². The second-order valence-corrected chi connectivity index (χ2v) is 4.01. The second kappa shape index (κ2) is 5.86. The van der Waals surface area contributed by atoms with E-state index in [-0.39, 0.29) is 0 Å². The monoisotopic (exact) mass is 257 g/mol. The summed E-state index contributed by atoms with van der Waals surface area (Å²) in [6, 6.07) is 10.9. The third-order valence-electron chi connectivity index (χ3n) is 2.65. The van der Waals surface area contributed by atoms with Gasteiger partial charge in [0.05, 0.1) is 19.0 Å². The smallest absolute Gasteiger partial charge is 0.248 e. The van der Waals surface area contributed by atoms with Gasteiger partial charge in [-0.15, -0.1) is 0 Å². The van der Waals surface area contributed by atoms with E-state index >= 15 is 0 Å². The minimum Gasteiger partial charge on any atom is -0.481 e. The lowest BCUT2D eigenvalue weighted by Gasteiger charge is -2.07. The van der Waals surface area contributed by atoms with Gasteiger partial charge in [-0.3, -0.25) is 4.79 Å². The van der Waals surface area contributed by atoms with Crippen LogP contribution >= 0.6 is 0 Å². The topological polar surface area (TPSA) is 77.2 Å². The minimum absolute atomic E-state index is 0.423. The summed E-state index contributed by atoms with van der Waals surface area (Å²) >= 11 is 0. The third-order valence-corrected chi connectivity index (χ3v) is 2.65. The molecule has 0 radical (unpaired) electrons. The van der Waals surface area contributed by atoms with Gasteiger partial charge in [-0.25, -0.2) is 4.98 Å². The first-order valence-corrected chi connectivity index (χ1v) is 5.81. The molecule has 0 aliphatic rings. The summed E-state index contributed by atoms with van der Waals surface area (Å²) in [5.74, 6) is 0.147. The molecule has 1 aromatic heterocycles. The maximum Gasteiger partial charge on any atom is 0.248 e. The SMILES string of the molecule is COc1ccc(NCc2cccc(C(N)=O)c2)cn1. The van der Waals surface area contributed by atoms with Gasteiger partial charge in [-0.05, 0) is 23.8 Å². The molecule has 0 bridgehead atoms. The number of primary amides is 1. The molecular weight excluding hydrogens is 242 g/mol. The highest BCUT2D eigenvalue weighted by atomic mass is 16.5. The van der Waals surface area contributed by atoms with Gasteiger partial charge in [0.2, 0.25) is 11.8 Å². The van der Waals surface area contributed by atoms with Crippen LogP contribution < -0.4 is 15.8 Å². The molecule has 5 nitrogen and oxygen atoms in total. The second-order valence-electron chi connectivity index (χ2n) is 4.01. The van der Waals surface area contributed by atoms with Gasteiger partial charge in [0, 0.05) is 18.2 Å². The van der Waals surface area contributed by atoms with E-state index in [1.165, 1.54) is 0 Å². The third kappa shape index (κ3) is 3.45. The molecule has 3 N–H and O–H groups in total. The molecule has 1 amide bonds. The first-order valence-electron chi connectivity index (χ1n) is 5.81. The van der Waals surface area contributed by atoms with Crippen LogP contribution in [-0.2, 0) is 6.54 Å². The lowest BCUT2D eigenvalue weighted by molar-refractivity contribution is 0.1000. The summed E-state index contributed by atoms with van der Waals surface area (Å²) in [7, 11) is 1.57. The molecule has 0 atom stereocenters. The van der Waals surface area contributed by atoms with E-state index in [9.17, 15) is 4.79 Å². The minimum atomic E-state index is -0.423. The Labute approximate surface area is 111 Å². The molecular formula is C14H15N3O2. The normalized spacial score (nSPS) is 9.95. The fourth-order valence-electron chi connectivity index (χ4n) is 1.64. The maximum atomic E-state index is 11.1. The van der Waals surface area contributed by atoms with Crippen LogP contribution in [0.15, 0.2) is 42.6 Å². The predicted octanol–water partition coefficient (Wildman–Crippen LogP) is 1.80. The summed E-state index contributed by atoms with van der Waals surface area (Å²) in [4.78, 5) is 15.2. The number of nitrogens with one attached hydrogen (secondary N) is 1. The molecule has 19 heavy (non-hydrogen) atoms. The Morgan fingerprint density at radius 3 is 2.84 bits per heavy atom. The Bertz CT molecular complexity index is 567. The Kier molecular flexibility index (Phi) is 3.97. The number of ether oxygens (including phenoxy) is 1. The first kappa shape index (κ1) is 12.9. The van der Waals surface area contributed by atoms with Gasteiger partial charge in [-0.1, -0.05) is 12.1 Å². The van der Waals surface area contributed by atoms with Crippen molar-refractivity contribution in [1.29, 1.82) is 0 Å². The quantitative estimate of drug-likeness (QED) is 0.856. The van der Waals surface area contributed by atoms with Crippen molar-refractivity contribution in [3.8, 4) is 5.88 Å². The number of anilines is 1. The summed E-state index contributed by atoms with van der Waals surface area (Å²) in [5.41, 5.74) is 7.60. The lowest BCUT2D eigenvalue weighted by atomic mass is 10.1. The fraction of sp³-hybridized carbons (Fsp3) is 0.143. The number of pyridine rings is 1. The average molecular weight is 257 g/mol. The van der Waals surface area contributed by atoms with Crippen LogP contribution in [0, 0.1) is 0 Å². The van der Waals surface area contributed by atoms with E-state index in [1.807, 2.05) is 18.2 Å². The van der Waals surface area contributed by atoms with Crippen molar-refractivity contribution in [2.75, 3.05) is 12.4 Å². The highest BCUT2D eigenvalue weighted by Crippen LogP contribution is 2.13. The molecule has 2 rings (SSSR count). The van der Waals surface area contributed by atoms with Crippen molar-refractivity contribution in [2.24, 2.45) is 5.73 Å². The molecule has 1 heterocycles. The molecule has 0 spiro atoms. The molecule has 0 unspecified atom stereocenters. The number of benzene rings is 1. The van der Waals surface area contributed by atoms with Crippen molar-refractivity contribution in [1.82, 2.24) is 4.98 Å². The van der Waals surface area contributed by atoms with Crippen LogP contribution in [0.3, 0.4) is 0 Å². The number of methoxy groups -OCH3 is 1. The molecule has 1 aromatic carbocycles. The number of amides is 1. The zero-order valence-corrected chi connectivity index (χ0v) is 10.6. The van der Waals surface area contributed by atoms with Crippen LogP contribution in [0.2, 0.25) is 0 Å². The van der Waals surface area contributed by atoms with Crippen LogP contribution in [0.25, 0.3) is 0 Å². The lowest BCUT2D eigenvalue weighted by Crippen LogP contribution is -2.11. The van der Waals surface area contributed by atoms with Crippen molar-refractivity contribution in [2.45, 2.75) is 6.54 Å². The van der Waals surface area contributed by atoms with Crippen molar-refractivity contribution >= 4 is 11.6 Å². The Hall–Kier alpha value is -2.56. The maximum absolute atomic E-state index is 11.1. The number of nitrogens with zero attached hydrogens (tertiary/aromatic N) is 1. The number of carbonyl (C=O) groups excluding carboxylic acids is 1. The zero-order chi connectivity index (χ0) is 13.7. The van der Waals surface area contributed by atoms with Gasteiger partial charge in [0.1, 0.15) is 0 Å². The average Bonchev–Trinajstić information content (AvgIpc) is 2.46. The van der Waals surface area contributed by atoms with Crippen molar-refractivity contribution < 1.29 is 9.53 Å². The highest BCUT2D eigenvalue weighted by Gasteiger charge is 2.01. The summed E-state index contributed by atoms with van der Waals surface area (Å²) in [6.45, 7) is 0.592. The van der Waals surface area contributed by atoms with E-state index in [0.717, 1.165) is 11.3 Å².